The van der Waals surface area contributed by atoms with Crippen molar-refractivity contribution in [3.05, 3.63) is 0 Å². The highest BCUT2D eigenvalue weighted by molar-refractivity contribution is 4.66. The zero-order chi connectivity index (χ0) is 11.7. The van der Waals surface area contributed by atoms with Gasteiger partial charge in [-0.05, 0) is 40.2 Å². The van der Waals surface area contributed by atoms with Crippen LogP contribution < -0.4 is 5.32 Å². The van der Waals surface area contributed by atoms with Crippen LogP contribution in [0.25, 0.3) is 0 Å². The molecule has 0 heterocycles. The van der Waals surface area contributed by atoms with Gasteiger partial charge in [-0.15, -0.1) is 0 Å². The normalized spacial score (nSPS) is 14.2. The molecule has 0 spiro atoms. The van der Waals surface area contributed by atoms with Gasteiger partial charge in [-0.25, -0.2) is 0 Å². The molecular formula is C12H27NO2. The van der Waals surface area contributed by atoms with Crippen LogP contribution in [0.15, 0.2) is 0 Å². The van der Waals surface area contributed by atoms with Gasteiger partial charge in [0.25, 0.3) is 0 Å². The molecule has 0 aliphatic rings. The molecule has 0 aromatic rings. The van der Waals surface area contributed by atoms with Crippen LogP contribution in [0.2, 0.25) is 0 Å². The maximum absolute atomic E-state index is 5.57. The van der Waals surface area contributed by atoms with Gasteiger partial charge < -0.3 is 14.8 Å². The summed E-state index contributed by atoms with van der Waals surface area (Å²) in [4.78, 5) is 0. The van der Waals surface area contributed by atoms with Gasteiger partial charge in [0.1, 0.15) is 0 Å². The molecule has 1 unspecified atom stereocenters. The highest BCUT2D eigenvalue weighted by Gasteiger charge is 2.15. The summed E-state index contributed by atoms with van der Waals surface area (Å²) in [6.45, 7) is 11.1. The Morgan fingerprint density at radius 3 is 2.47 bits per heavy atom. The number of nitrogens with one attached hydrogen (secondary N) is 1. The fourth-order valence-corrected chi connectivity index (χ4v) is 1.23. The van der Waals surface area contributed by atoms with E-state index in [-0.39, 0.29) is 5.60 Å². The largest absolute Gasteiger partial charge is 0.381 e. The Morgan fingerprint density at radius 1 is 1.27 bits per heavy atom. The lowest BCUT2D eigenvalue weighted by molar-refractivity contribution is -0.0105. The molecule has 1 N–H and O–H groups in total. The van der Waals surface area contributed by atoms with Crippen LogP contribution in [0.1, 0.15) is 40.5 Å². The Morgan fingerprint density at radius 2 is 1.93 bits per heavy atom. The van der Waals surface area contributed by atoms with Crippen LogP contribution in [-0.2, 0) is 9.47 Å². The van der Waals surface area contributed by atoms with Crippen LogP contribution in [0.3, 0.4) is 0 Å². The van der Waals surface area contributed by atoms with E-state index in [0.717, 1.165) is 32.6 Å². The number of rotatable bonds is 9. The van der Waals surface area contributed by atoms with Crippen LogP contribution >= 0.6 is 0 Å². The second-order valence-electron chi connectivity index (χ2n) is 4.57. The Kier molecular flexibility index (Phi) is 8.02. The van der Waals surface area contributed by atoms with E-state index in [0.29, 0.717) is 6.04 Å². The lowest BCUT2D eigenvalue weighted by Gasteiger charge is -2.22. The summed E-state index contributed by atoms with van der Waals surface area (Å²) in [5, 5.41) is 3.36. The number of ether oxygens (including phenoxy) is 2. The van der Waals surface area contributed by atoms with E-state index in [1.807, 2.05) is 0 Å². The van der Waals surface area contributed by atoms with Gasteiger partial charge in [-0.1, -0.05) is 6.92 Å². The lowest BCUT2D eigenvalue weighted by atomic mass is 10.1. The van der Waals surface area contributed by atoms with Crippen molar-refractivity contribution in [1.29, 1.82) is 0 Å². The monoisotopic (exact) mass is 217 g/mol. The summed E-state index contributed by atoms with van der Waals surface area (Å²) in [5.41, 5.74) is -0.0622. The molecule has 0 fully saturated rings. The molecule has 0 rings (SSSR count). The molecular weight excluding hydrogens is 190 g/mol. The first-order valence-electron chi connectivity index (χ1n) is 5.88. The standard InChI is InChI=1S/C12H27NO2/c1-6-13-11(2)7-9-15-10-8-12(3,4)14-5/h11,13H,6-10H2,1-5H3. The summed E-state index contributed by atoms with van der Waals surface area (Å²) >= 11 is 0. The second kappa shape index (κ2) is 8.08. The van der Waals surface area contributed by atoms with Gasteiger partial charge in [0.2, 0.25) is 0 Å². The highest BCUT2D eigenvalue weighted by atomic mass is 16.5. The minimum Gasteiger partial charge on any atom is -0.381 e. The van der Waals surface area contributed by atoms with Crippen molar-refractivity contribution in [2.45, 2.75) is 52.2 Å². The molecule has 15 heavy (non-hydrogen) atoms. The van der Waals surface area contributed by atoms with E-state index in [9.17, 15) is 0 Å². The van der Waals surface area contributed by atoms with Gasteiger partial charge in [0, 0.05) is 26.4 Å². The maximum atomic E-state index is 5.57. The van der Waals surface area contributed by atoms with E-state index in [2.05, 4.69) is 33.0 Å². The van der Waals surface area contributed by atoms with E-state index >= 15 is 0 Å². The molecule has 0 aliphatic carbocycles. The average molecular weight is 217 g/mol. The fraction of sp³-hybridized carbons (Fsp3) is 1.00. The first kappa shape index (κ1) is 14.9. The van der Waals surface area contributed by atoms with Crippen LogP contribution in [0.4, 0.5) is 0 Å². The molecule has 0 aromatic heterocycles. The number of hydrogen-bond donors (Lipinski definition) is 1. The zero-order valence-electron chi connectivity index (χ0n) is 10.9. The van der Waals surface area contributed by atoms with Gasteiger partial charge in [-0.2, -0.15) is 0 Å². The van der Waals surface area contributed by atoms with E-state index in [1.54, 1.807) is 7.11 Å². The van der Waals surface area contributed by atoms with Gasteiger partial charge in [-0.3, -0.25) is 0 Å². The van der Waals surface area contributed by atoms with Gasteiger partial charge in [0.05, 0.1) is 5.60 Å². The third-order valence-electron chi connectivity index (χ3n) is 2.65. The maximum Gasteiger partial charge on any atom is 0.0644 e. The smallest absolute Gasteiger partial charge is 0.0644 e. The molecule has 0 aromatic carbocycles. The Bertz CT molecular complexity index is 149. The van der Waals surface area contributed by atoms with Crippen molar-refractivity contribution in [2.24, 2.45) is 0 Å². The summed E-state index contributed by atoms with van der Waals surface area (Å²) < 4.78 is 10.9. The molecule has 1 atom stereocenters. The van der Waals surface area contributed by atoms with Gasteiger partial charge in [0.15, 0.2) is 0 Å². The van der Waals surface area contributed by atoms with E-state index < -0.39 is 0 Å². The summed E-state index contributed by atoms with van der Waals surface area (Å²) in [6, 6.07) is 0.547. The highest BCUT2D eigenvalue weighted by Crippen LogP contribution is 2.12. The molecule has 92 valence electrons. The van der Waals surface area contributed by atoms with E-state index in [4.69, 9.17) is 9.47 Å². The SMILES string of the molecule is CCNC(C)CCOCCC(C)(C)OC. The molecule has 3 nitrogen and oxygen atoms in total. The predicted molar refractivity (Wildman–Crippen MR) is 64.3 cm³/mol. The van der Waals surface area contributed by atoms with E-state index in [1.165, 1.54) is 0 Å². The molecule has 3 heteroatoms. The molecule has 0 aliphatic heterocycles. The topological polar surface area (TPSA) is 30.5 Å². The molecule has 0 saturated carbocycles. The molecule has 0 bridgehead atoms. The number of methoxy groups -OCH3 is 1. The minimum absolute atomic E-state index is 0.0622. The van der Waals surface area contributed by atoms with Crippen molar-refractivity contribution < 1.29 is 9.47 Å². The second-order valence-corrected chi connectivity index (χ2v) is 4.57. The first-order chi connectivity index (χ1) is 7.02. The lowest BCUT2D eigenvalue weighted by Crippen LogP contribution is -2.28. The van der Waals surface area contributed by atoms with Gasteiger partial charge >= 0.3 is 0 Å². The molecule has 0 saturated heterocycles. The first-order valence-corrected chi connectivity index (χ1v) is 5.88. The third kappa shape index (κ3) is 8.85. The van der Waals surface area contributed by atoms with Crippen LogP contribution in [-0.4, -0.2) is 38.5 Å². The van der Waals surface area contributed by atoms with Crippen molar-refractivity contribution in [3.8, 4) is 0 Å². The Balaban J connectivity index is 3.32. The third-order valence-corrected chi connectivity index (χ3v) is 2.65. The summed E-state index contributed by atoms with van der Waals surface area (Å²) in [5.74, 6) is 0. The predicted octanol–water partition coefficient (Wildman–Crippen LogP) is 2.21. The van der Waals surface area contributed by atoms with Crippen molar-refractivity contribution in [1.82, 2.24) is 5.32 Å². The zero-order valence-corrected chi connectivity index (χ0v) is 10.9. The Hall–Kier alpha value is -0.120. The van der Waals surface area contributed by atoms with Crippen LogP contribution in [0.5, 0.6) is 0 Å². The Labute approximate surface area is 94.5 Å². The van der Waals surface area contributed by atoms with Crippen molar-refractivity contribution in [3.63, 3.8) is 0 Å². The van der Waals surface area contributed by atoms with Crippen molar-refractivity contribution >= 4 is 0 Å². The fourth-order valence-electron chi connectivity index (χ4n) is 1.23. The summed E-state index contributed by atoms with van der Waals surface area (Å²) in [6.07, 6.45) is 2.01. The summed E-state index contributed by atoms with van der Waals surface area (Å²) in [7, 11) is 1.74. The molecule has 0 radical (unpaired) electrons. The molecule has 0 amide bonds. The minimum atomic E-state index is -0.0622. The number of hydrogen-bond acceptors (Lipinski definition) is 3. The van der Waals surface area contributed by atoms with Crippen molar-refractivity contribution in [2.75, 3.05) is 26.9 Å². The quantitative estimate of drug-likeness (QED) is 0.601. The average Bonchev–Trinajstić information content (AvgIpc) is 2.17. The van der Waals surface area contributed by atoms with Crippen LogP contribution in [0, 0.1) is 0 Å².